The number of nitrogens with one attached hydrogen (secondary N) is 1. The third-order valence-electron chi connectivity index (χ3n) is 8.46. The molecule has 3 N–H and O–H groups in total. The van der Waals surface area contributed by atoms with Gasteiger partial charge in [-0.3, -0.25) is 9.52 Å². The van der Waals surface area contributed by atoms with E-state index in [1.54, 1.807) is 7.11 Å². The summed E-state index contributed by atoms with van der Waals surface area (Å²) in [5.74, 6) is 0.618. The number of para-hydroxylation sites is 1. The minimum Gasteiger partial charge on any atom is -0.412 e. The van der Waals surface area contributed by atoms with Crippen LogP contribution in [0.1, 0.15) is 59.8 Å². The number of anilines is 1. The molecule has 1 saturated heterocycles. The Kier molecular flexibility index (Phi) is 10.8. The van der Waals surface area contributed by atoms with Gasteiger partial charge in [-0.15, -0.1) is 0 Å². The maximum Gasteiger partial charge on any atom is 0.281 e. The molecule has 4 aromatic rings. The fourth-order valence-electron chi connectivity index (χ4n) is 5.89. The highest BCUT2D eigenvalue weighted by Gasteiger charge is 2.31. The molecule has 1 saturated carbocycles. The van der Waals surface area contributed by atoms with Crippen molar-refractivity contribution in [3.8, 4) is 5.69 Å². The number of rotatable bonds is 12. The van der Waals surface area contributed by atoms with Crippen LogP contribution in [-0.2, 0) is 27.1 Å². The molecule has 1 aliphatic heterocycles. The van der Waals surface area contributed by atoms with Crippen LogP contribution in [0.3, 0.4) is 0 Å². The van der Waals surface area contributed by atoms with Crippen LogP contribution < -0.4 is 9.62 Å². The summed E-state index contributed by atoms with van der Waals surface area (Å²) < 4.78 is 28.5. The molecule has 3 heterocycles. The Bertz CT molecular complexity index is 1550. The summed E-state index contributed by atoms with van der Waals surface area (Å²) in [6.07, 6.45) is 5.42. The number of ether oxygens (including phenoxy) is 2. The first-order valence-corrected chi connectivity index (χ1v) is 16.5. The third-order valence-corrected chi connectivity index (χ3v) is 9.41. The van der Waals surface area contributed by atoms with Crippen LogP contribution >= 0.6 is 0 Å². The first kappa shape index (κ1) is 31.8. The Morgan fingerprint density at radius 2 is 1.73 bits per heavy atom. The van der Waals surface area contributed by atoms with E-state index in [9.17, 15) is 9.00 Å². The lowest BCUT2D eigenvalue weighted by Gasteiger charge is -2.34. The molecule has 1 unspecified atom stereocenters. The van der Waals surface area contributed by atoms with Gasteiger partial charge in [-0.25, -0.2) is 13.9 Å². The summed E-state index contributed by atoms with van der Waals surface area (Å²) in [5.41, 5.74) is 4.87. The largest absolute Gasteiger partial charge is 0.412 e. The van der Waals surface area contributed by atoms with Crippen molar-refractivity contribution in [2.75, 3.05) is 44.1 Å². The number of carbonyl (C=O) groups is 1. The number of pyridine rings is 1. The highest BCUT2D eigenvalue weighted by Crippen LogP contribution is 2.43. The number of hydrogen-bond donors (Lipinski definition) is 1. The van der Waals surface area contributed by atoms with Gasteiger partial charge in [-0.2, -0.15) is 5.10 Å². The van der Waals surface area contributed by atoms with E-state index < -0.39 is 16.9 Å². The third kappa shape index (κ3) is 7.18. The highest BCUT2D eigenvalue weighted by atomic mass is 32.2. The topological polar surface area (TPSA) is 130 Å². The van der Waals surface area contributed by atoms with Gasteiger partial charge in [0.05, 0.1) is 41.4 Å². The Hall–Kier alpha value is -3.64. The maximum absolute atomic E-state index is 13.5. The van der Waals surface area contributed by atoms with Gasteiger partial charge in [-0.05, 0) is 55.4 Å². The monoisotopic (exact) mass is 619 g/mol. The average molecular weight is 620 g/mol. The maximum atomic E-state index is 13.5. The minimum absolute atomic E-state index is 0. The lowest BCUT2D eigenvalue weighted by atomic mass is 9.82. The van der Waals surface area contributed by atoms with E-state index in [0.29, 0.717) is 24.1 Å². The number of fused-ring (bicyclic) bond motifs is 1. The molecule has 2 aliphatic rings. The molecule has 2 aromatic carbocycles. The molecule has 0 spiro atoms. The molecule has 1 aliphatic carbocycles. The van der Waals surface area contributed by atoms with Crippen LogP contribution in [0.5, 0.6) is 0 Å². The number of carbonyl (C=O) groups excluding carboxylic acids is 1. The first-order valence-electron chi connectivity index (χ1n) is 15.1. The molecule has 11 heteroatoms. The van der Waals surface area contributed by atoms with Gasteiger partial charge >= 0.3 is 0 Å². The van der Waals surface area contributed by atoms with Crippen molar-refractivity contribution in [2.24, 2.45) is 5.92 Å². The van der Waals surface area contributed by atoms with Crippen LogP contribution in [-0.4, -0.2) is 69.5 Å². The van der Waals surface area contributed by atoms with E-state index in [1.807, 2.05) is 71.4 Å². The van der Waals surface area contributed by atoms with Gasteiger partial charge in [0.1, 0.15) is 16.7 Å². The number of piperidine rings is 1. The van der Waals surface area contributed by atoms with Gasteiger partial charge in [0, 0.05) is 32.7 Å². The smallest absolute Gasteiger partial charge is 0.281 e. The zero-order chi connectivity index (χ0) is 29.6. The zero-order valence-corrected chi connectivity index (χ0v) is 25.9. The Balaban J connectivity index is 0.00000384. The molecular weight excluding hydrogens is 578 g/mol. The number of benzene rings is 2. The lowest BCUT2D eigenvalue weighted by molar-refractivity contribution is 0.0977. The van der Waals surface area contributed by atoms with E-state index in [0.717, 1.165) is 73.4 Å². The van der Waals surface area contributed by atoms with E-state index in [2.05, 4.69) is 9.62 Å². The van der Waals surface area contributed by atoms with Crippen molar-refractivity contribution in [1.82, 2.24) is 19.5 Å². The molecule has 10 nitrogen and oxygen atoms in total. The van der Waals surface area contributed by atoms with Gasteiger partial charge in [0.2, 0.25) is 0 Å². The van der Waals surface area contributed by atoms with Crippen molar-refractivity contribution >= 4 is 33.6 Å². The van der Waals surface area contributed by atoms with Gasteiger partial charge < -0.3 is 19.8 Å². The lowest BCUT2D eigenvalue weighted by Crippen LogP contribution is -2.36. The standard InChI is InChI=1S/C33H39N5O4S.H2O/c1-41-22-25-15-17-37(18-16-25)29-21-28(33(39)36-43(40)20-19-42-23-24-9-4-2-5-10-24)34-32-30(29)31(26-11-8-12-26)35-38(32)27-13-6-3-7-14-27;/h2-7,9-10,13-14,21,25-26H,8,11-12,15-20,22-23H2,1H3,(H,36,39);1H2. The summed E-state index contributed by atoms with van der Waals surface area (Å²) >= 11 is 0. The predicted molar refractivity (Wildman–Crippen MR) is 172 cm³/mol. The quantitative estimate of drug-likeness (QED) is 0.234. The van der Waals surface area contributed by atoms with E-state index in [1.165, 1.54) is 6.42 Å². The second kappa shape index (κ2) is 14.9. The van der Waals surface area contributed by atoms with Crippen LogP contribution in [0.4, 0.5) is 5.69 Å². The molecule has 234 valence electrons. The Morgan fingerprint density at radius 1 is 1.02 bits per heavy atom. The van der Waals surface area contributed by atoms with Crippen molar-refractivity contribution in [2.45, 2.75) is 44.6 Å². The second-order valence-corrected chi connectivity index (χ2v) is 12.7. The fraction of sp³-hybridized carbons (Fsp3) is 0.424. The molecule has 1 amide bonds. The number of aromatic nitrogens is 3. The molecule has 44 heavy (non-hydrogen) atoms. The number of hydrogen-bond acceptors (Lipinski definition) is 7. The molecule has 2 aromatic heterocycles. The van der Waals surface area contributed by atoms with Crippen molar-refractivity contribution in [3.05, 3.63) is 83.7 Å². The van der Waals surface area contributed by atoms with Crippen LogP contribution in [0.2, 0.25) is 0 Å². The SMILES string of the molecule is COCC1CCN(c2cc(C(=O)NS(=O)CCOCc3ccccc3)nc3c2c(C2CCC2)nn3-c2ccccc2)CC1.O. The molecule has 6 rings (SSSR count). The van der Waals surface area contributed by atoms with Gasteiger partial charge in [-0.1, -0.05) is 55.0 Å². The van der Waals surface area contributed by atoms with E-state index in [-0.39, 0.29) is 23.5 Å². The normalized spacial score (nSPS) is 16.3. The molecule has 0 radical (unpaired) electrons. The van der Waals surface area contributed by atoms with Crippen molar-refractivity contribution in [1.29, 1.82) is 0 Å². The first-order chi connectivity index (χ1) is 21.1. The van der Waals surface area contributed by atoms with Gasteiger partial charge in [0.25, 0.3) is 5.91 Å². The number of methoxy groups -OCH3 is 1. The number of nitrogens with zero attached hydrogens (tertiary/aromatic N) is 4. The Morgan fingerprint density at radius 3 is 2.39 bits per heavy atom. The van der Waals surface area contributed by atoms with Crippen LogP contribution in [0, 0.1) is 5.92 Å². The van der Waals surface area contributed by atoms with Crippen LogP contribution in [0.15, 0.2) is 66.7 Å². The summed E-state index contributed by atoms with van der Waals surface area (Å²) in [7, 11) is 0.145. The predicted octanol–water partition coefficient (Wildman–Crippen LogP) is 4.34. The molecule has 1 atom stereocenters. The Labute approximate surface area is 260 Å². The van der Waals surface area contributed by atoms with Gasteiger partial charge in [0.15, 0.2) is 5.65 Å². The summed E-state index contributed by atoms with van der Waals surface area (Å²) in [6.45, 7) is 3.18. The summed E-state index contributed by atoms with van der Waals surface area (Å²) in [5, 5.41) is 6.14. The van der Waals surface area contributed by atoms with Crippen LogP contribution in [0.25, 0.3) is 16.7 Å². The van der Waals surface area contributed by atoms with Crippen molar-refractivity contribution < 1.29 is 24.0 Å². The molecule has 2 fully saturated rings. The average Bonchev–Trinajstić information content (AvgIpc) is 3.38. The second-order valence-electron chi connectivity index (χ2n) is 11.4. The molecule has 0 bridgehead atoms. The summed E-state index contributed by atoms with van der Waals surface area (Å²) in [6, 6.07) is 21.6. The van der Waals surface area contributed by atoms with Crippen molar-refractivity contribution in [3.63, 3.8) is 0 Å². The summed E-state index contributed by atoms with van der Waals surface area (Å²) in [4.78, 5) is 20.7. The van der Waals surface area contributed by atoms with E-state index >= 15 is 0 Å². The molecular formula is C33H41N5O5S. The minimum atomic E-state index is -1.61. The zero-order valence-electron chi connectivity index (χ0n) is 25.1. The highest BCUT2D eigenvalue weighted by molar-refractivity contribution is 7.83. The van der Waals surface area contributed by atoms with E-state index in [4.69, 9.17) is 19.6 Å². The fourth-order valence-corrected chi connectivity index (χ4v) is 6.57. The number of amides is 1.